The number of nitrogens with two attached hydrogens (primary N) is 1. The molecular weight excluding hydrogens is 260 g/mol. The highest BCUT2D eigenvalue weighted by Gasteiger charge is 2.31. The number of likely N-dealkylation sites (N-methyl/N-ethyl adjacent to an activating group) is 1. The Hall–Kier alpha value is -2.24. The van der Waals surface area contributed by atoms with Crippen LogP contribution in [-0.2, 0) is 4.79 Å². The first-order chi connectivity index (χ1) is 9.52. The number of hydrogen-bond donors (Lipinski definition) is 2. The van der Waals surface area contributed by atoms with E-state index in [2.05, 4.69) is 0 Å². The van der Waals surface area contributed by atoms with Crippen molar-refractivity contribution in [1.29, 1.82) is 0 Å². The first-order valence-corrected chi connectivity index (χ1v) is 6.58. The van der Waals surface area contributed by atoms with E-state index in [-0.39, 0.29) is 23.8 Å². The highest BCUT2D eigenvalue weighted by molar-refractivity contribution is 5.94. The second-order valence-corrected chi connectivity index (χ2v) is 4.75. The Morgan fingerprint density at radius 3 is 2.70 bits per heavy atom. The number of nitrogen functional groups attached to an aromatic ring is 1. The molecule has 0 saturated heterocycles. The van der Waals surface area contributed by atoms with Gasteiger partial charge in [0.1, 0.15) is 5.75 Å². The molecule has 0 heterocycles. The van der Waals surface area contributed by atoms with Gasteiger partial charge in [-0.15, -0.1) is 0 Å². The molecule has 1 aromatic rings. The van der Waals surface area contributed by atoms with Crippen molar-refractivity contribution in [3.05, 3.63) is 23.8 Å². The van der Waals surface area contributed by atoms with Crippen LogP contribution in [0.3, 0.4) is 0 Å². The van der Waals surface area contributed by atoms with Gasteiger partial charge in [0.25, 0.3) is 5.91 Å². The molecule has 3 N–H and O–H groups in total. The lowest BCUT2D eigenvalue weighted by Crippen LogP contribution is -2.36. The third-order valence-electron chi connectivity index (χ3n) is 3.27. The third kappa shape index (κ3) is 3.20. The lowest BCUT2D eigenvalue weighted by molar-refractivity contribution is -0.133. The fourth-order valence-corrected chi connectivity index (χ4v) is 2.06. The van der Waals surface area contributed by atoms with Crippen molar-refractivity contribution in [2.75, 3.05) is 18.9 Å². The Morgan fingerprint density at radius 1 is 1.45 bits per heavy atom. The molecule has 1 aromatic carbocycles. The zero-order valence-electron chi connectivity index (χ0n) is 11.3. The molecule has 6 nitrogen and oxygen atoms in total. The van der Waals surface area contributed by atoms with E-state index in [0.29, 0.717) is 18.3 Å². The number of aromatic carboxylic acids is 1. The topological polar surface area (TPSA) is 92.9 Å². The smallest absolute Gasteiger partial charge is 0.337 e. The van der Waals surface area contributed by atoms with E-state index in [1.54, 1.807) is 11.0 Å². The summed E-state index contributed by atoms with van der Waals surface area (Å²) in [5, 5.41) is 8.96. The van der Waals surface area contributed by atoms with Gasteiger partial charge in [-0.3, -0.25) is 4.79 Å². The summed E-state index contributed by atoms with van der Waals surface area (Å²) in [6.45, 7) is 2.50. The summed E-state index contributed by atoms with van der Waals surface area (Å²) in [6, 6.07) is 4.69. The monoisotopic (exact) mass is 278 g/mol. The van der Waals surface area contributed by atoms with Crippen molar-refractivity contribution in [3.63, 3.8) is 0 Å². The third-order valence-corrected chi connectivity index (χ3v) is 3.27. The minimum Gasteiger partial charge on any atom is -0.484 e. The predicted molar refractivity (Wildman–Crippen MR) is 73.7 cm³/mol. The van der Waals surface area contributed by atoms with Crippen molar-refractivity contribution in [1.82, 2.24) is 4.90 Å². The van der Waals surface area contributed by atoms with E-state index >= 15 is 0 Å². The Morgan fingerprint density at radius 2 is 2.15 bits per heavy atom. The quantitative estimate of drug-likeness (QED) is 0.766. The molecule has 2 rings (SSSR count). The molecule has 0 radical (unpaired) electrons. The average Bonchev–Trinajstić information content (AvgIpc) is 3.23. The number of benzene rings is 1. The molecule has 0 unspecified atom stereocenters. The lowest BCUT2D eigenvalue weighted by atomic mass is 10.2. The standard InChI is InChI=1S/C14H18N2O4/c1-2-16(9-3-4-9)13(17)8-20-10-5-6-12(15)11(7-10)14(18)19/h5-7,9H,2-4,8,15H2,1H3,(H,18,19). The minimum atomic E-state index is -1.12. The number of carboxylic acid groups (broad SMARTS) is 1. The lowest BCUT2D eigenvalue weighted by Gasteiger charge is -2.20. The van der Waals surface area contributed by atoms with Gasteiger partial charge in [0.05, 0.1) is 5.56 Å². The largest absolute Gasteiger partial charge is 0.484 e. The number of nitrogens with zero attached hydrogens (tertiary/aromatic N) is 1. The molecule has 0 atom stereocenters. The predicted octanol–water partition coefficient (Wildman–Crippen LogP) is 1.36. The zero-order valence-corrected chi connectivity index (χ0v) is 11.3. The van der Waals surface area contributed by atoms with E-state index in [1.807, 2.05) is 6.92 Å². The maximum Gasteiger partial charge on any atom is 0.337 e. The zero-order chi connectivity index (χ0) is 14.7. The summed E-state index contributed by atoms with van der Waals surface area (Å²) >= 11 is 0. The van der Waals surface area contributed by atoms with E-state index in [0.717, 1.165) is 12.8 Å². The molecule has 20 heavy (non-hydrogen) atoms. The summed E-state index contributed by atoms with van der Waals surface area (Å²) in [6.07, 6.45) is 2.09. The molecule has 0 bridgehead atoms. The molecule has 1 saturated carbocycles. The van der Waals surface area contributed by atoms with E-state index in [1.165, 1.54) is 12.1 Å². The molecule has 0 aromatic heterocycles. The van der Waals surface area contributed by atoms with Crippen LogP contribution in [0.25, 0.3) is 0 Å². The van der Waals surface area contributed by atoms with Gasteiger partial charge in [-0.1, -0.05) is 0 Å². The summed E-state index contributed by atoms with van der Waals surface area (Å²) in [7, 11) is 0. The first-order valence-electron chi connectivity index (χ1n) is 6.58. The Balaban J connectivity index is 1.98. The second-order valence-electron chi connectivity index (χ2n) is 4.75. The summed E-state index contributed by atoms with van der Waals surface area (Å²) in [4.78, 5) is 24.7. The molecule has 108 valence electrons. The van der Waals surface area contributed by atoms with Crippen molar-refractivity contribution >= 4 is 17.6 Å². The van der Waals surface area contributed by atoms with Crippen LogP contribution in [0.4, 0.5) is 5.69 Å². The highest BCUT2D eigenvalue weighted by Crippen LogP contribution is 2.26. The molecule has 0 spiro atoms. The Labute approximate surface area is 117 Å². The average molecular weight is 278 g/mol. The molecule has 1 amide bonds. The van der Waals surface area contributed by atoms with Gasteiger partial charge < -0.3 is 20.5 Å². The number of hydrogen-bond acceptors (Lipinski definition) is 4. The molecule has 1 aliphatic carbocycles. The number of carbonyl (C=O) groups excluding carboxylic acids is 1. The summed E-state index contributed by atoms with van der Waals surface area (Å²) < 4.78 is 5.36. The van der Waals surface area contributed by atoms with Gasteiger partial charge in [0.2, 0.25) is 0 Å². The highest BCUT2D eigenvalue weighted by atomic mass is 16.5. The van der Waals surface area contributed by atoms with Crippen LogP contribution in [0, 0.1) is 0 Å². The SMILES string of the molecule is CCN(C(=O)COc1ccc(N)c(C(=O)O)c1)C1CC1. The fraction of sp³-hybridized carbons (Fsp3) is 0.429. The van der Waals surface area contributed by atoms with Crippen LogP contribution in [0.15, 0.2) is 18.2 Å². The number of anilines is 1. The van der Waals surface area contributed by atoms with Crippen molar-refractivity contribution in [2.45, 2.75) is 25.8 Å². The van der Waals surface area contributed by atoms with Gasteiger partial charge in [-0.2, -0.15) is 0 Å². The van der Waals surface area contributed by atoms with Crippen LogP contribution in [0.1, 0.15) is 30.1 Å². The van der Waals surface area contributed by atoms with E-state index in [9.17, 15) is 9.59 Å². The van der Waals surface area contributed by atoms with Crippen LogP contribution in [-0.4, -0.2) is 41.1 Å². The van der Waals surface area contributed by atoms with Crippen LogP contribution >= 0.6 is 0 Å². The fourth-order valence-electron chi connectivity index (χ4n) is 2.06. The molecule has 1 fully saturated rings. The van der Waals surface area contributed by atoms with E-state index in [4.69, 9.17) is 15.6 Å². The normalized spacial score (nSPS) is 13.8. The summed E-state index contributed by atoms with van der Waals surface area (Å²) in [5.74, 6) is -0.868. The maximum atomic E-state index is 12.0. The number of carboxylic acids is 1. The van der Waals surface area contributed by atoms with Crippen LogP contribution < -0.4 is 10.5 Å². The van der Waals surface area contributed by atoms with Gasteiger partial charge in [-0.05, 0) is 38.0 Å². The van der Waals surface area contributed by atoms with Crippen molar-refractivity contribution in [2.24, 2.45) is 0 Å². The number of amides is 1. The van der Waals surface area contributed by atoms with Crippen molar-refractivity contribution < 1.29 is 19.4 Å². The number of ether oxygens (including phenoxy) is 1. The van der Waals surface area contributed by atoms with Crippen LogP contribution in [0.5, 0.6) is 5.75 Å². The number of rotatable bonds is 6. The maximum absolute atomic E-state index is 12.0. The molecular formula is C14H18N2O4. The second kappa shape index (κ2) is 5.81. The van der Waals surface area contributed by atoms with E-state index < -0.39 is 5.97 Å². The van der Waals surface area contributed by atoms with Gasteiger partial charge in [0, 0.05) is 18.3 Å². The van der Waals surface area contributed by atoms with Crippen molar-refractivity contribution in [3.8, 4) is 5.75 Å². The van der Waals surface area contributed by atoms with Gasteiger partial charge >= 0.3 is 5.97 Å². The van der Waals surface area contributed by atoms with Crippen LogP contribution in [0.2, 0.25) is 0 Å². The van der Waals surface area contributed by atoms with Gasteiger partial charge in [-0.25, -0.2) is 4.79 Å². The first kappa shape index (κ1) is 14.2. The molecule has 6 heteroatoms. The Bertz CT molecular complexity index is 526. The molecule has 0 aliphatic heterocycles. The van der Waals surface area contributed by atoms with Gasteiger partial charge in [0.15, 0.2) is 6.61 Å². The Kier molecular flexibility index (Phi) is 4.12. The summed E-state index contributed by atoms with van der Waals surface area (Å²) in [5.41, 5.74) is 5.70. The minimum absolute atomic E-state index is 0.0236. The molecule has 1 aliphatic rings. The number of carbonyl (C=O) groups is 2.